The van der Waals surface area contributed by atoms with Gasteiger partial charge < -0.3 is 4.74 Å². The average Bonchev–Trinajstić information content (AvgIpc) is 2.35. The first-order chi connectivity index (χ1) is 7.69. The van der Waals surface area contributed by atoms with Crippen molar-refractivity contribution in [3.05, 3.63) is 47.5 Å². The lowest BCUT2D eigenvalue weighted by Gasteiger charge is -2.06. The maximum absolute atomic E-state index is 11.2. The fourth-order valence-electron chi connectivity index (χ4n) is 1.36. The van der Waals surface area contributed by atoms with E-state index in [4.69, 9.17) is 5.26 Å². The standard InChI is InChI=1S/C13H13NO2/c1-10(11-6-4-3-5-7-11)8-12(9-14)13(15)16-2/h3-8,10H,1-2H3. The largest absolute Gasteiger partial charge is 0.465 e. The monoisotopic (exact) mass is 215 g/mol. The Bertz CT molecular complexity index is 429. The number of ether oxygens (including phenoxy) is 1. The van der Waals surface area contributed by atoms with Gasteiger partial charge in [0.15, 0.2) is 0 Å². The Morgan fingerprint density at radius 2 is 2.06 bits per heavy atom. The number of nitriles is 1. The first-order valence-electron chi connectivity index (χ1n) is 4.94. The third-order valence-corrected chi connectivity index (χ3v) is 2.27. The molecule has 0 aliphatic heterocycles. The van der Waals surface area contributed by atoms with E-state index in [0.29, 0.717) is 0 Å². The molecule has 0 radical (unpaired) electrons. The van der Waals surface area contributed by atoms with E-state index in [9.17, 15) is 4.79 Å². The van der Waals surface area contributed by atoms with Gasteiger partial charge in [-0.25, -0.2) is 4.79 Å². The number of carbonyl (C=O) groups is 1. The summed E-state index contributed by atoms with van der Waals surface area (Å²) in [7, 11) is 1.26. The van der Waals surface area contributed by atoms with E-state index in [1.165, 1.54) is 7.11 Å². The number of hydrogen-bond acceptors (Lipinski definition) is 3. The molecule has 1 unspecified atom stereocenters. The third kappa shape index (κ3) is 2.96. The van der Waals surface area contributed by atoms with Crippen LogP contribution in [0.2, 0.25) is 0 Å². The van der Waals surface area contributed by atoms with Gasteiger partial charge in [0.25, 0.3) is 0 Å². The van der Waals surface area contributed by atoms with E-state index >= 15 is 0 Å². The van der Waals surface area contributed by atoms with E-state index in [1.807, 2.05) is 43.3 Å². The second kappa shape index (κ2) is 5.72. The fraction of sp³-hybridized carbons (Fsp3) is 0.231. The highest BCUT2D eigenvalue weighted by Gasteiger charge is 2.11. The van der Waals surface area contributed by atoms with Crippen LogP contribution in [0.25, 0.3) is 0 Å². The van der Waals surface area contributed by atoms with Gasteiger partial charge in [-0.15, -0.1) is 0 Å². The molecule has 0 aliphatic rings. The summed E-state index contributed by atoms with van der Waals surface area (Å²) in [6.07, 6.45) is 1.61. The van der Waals surface area contributed by atoms with Crippen molar-refractivity contribution in [3.8, 4) is 6.07 Å². The van der Waals surface area contributed by atoms with Gasteiger partial charge in [-0.3, -0.25) is 0 Å². The molecule has 0 saturated heterocycles. The molecule has 0 fully saturated rings. The van der Waals surface area contributed by atoms with Crippen LogP contribution in [0.3, 0.4) is 0 Å². The lowest BCUT2D eigenvalue weighted by Crippen LogP contribution is -2.04. The molecule has 1 aromatic carbocycles. The predicted molar refractivity (Wildman–Crippen MR) is 60.6 cm³/mol. The van der Waals surface area contributed by atoms with Crippen LogP contribution in [0.5, 0.6) is 0 Å². The summed E-state index contributed by atoms with van der Waals surface area (Å²) in [6, 6.07) is 11.5. The van der Waals surface area contributed by atoms with Crippen molar-refractivity contribution in [2.75, 3.05) is 7.11 Å². The minimum Gasteiger partial charge on any atom is -0.465 e. The minimum atomic E-state index is -0.592. The number of carbonyl (C=O) groups excluding carboxylic acids is 1. The number of esters is 1. The first kappa shape index (κ1) is 12.0. The van der Waals surface area contributed by atoms with E-state index in [-0.39, 0.29) is 11.5 Å². The molecule has 0 aromatic heterocycles. The normalized spacial score (nSPS) is 12.7. The van der Waals surface area contributed by atoms with Crippen molar-refractivity contribution >= 4 is 5.97 Å². The molecule has 0 heterocycles. The lowest BCUT2D eigenvalue weighted by molar-refractivity contribution is -0.135. The van der Waals surface area contributed by atoms with Crippen molar-refractivity contribution in [1.82, 2.24) is 0 Å². The summed E-state index contributed by atoms with van der Waals surface area (Å²) >= 11 is 0. The van der Waals surface area contributed by atoms with Crippen molar-refractivity contribution < 1.29 is 9.53 Å². The van der Waals surface area contributed by atoms with Gasteiger partial charge in [-0.1, -0.05) is 43.3 Å². The molecule has 3 heteroatoms. The topological polar surface area (TPSA) is 50.1 Å². The highest BCUT2D eigenvalue weighted by Crippen LogP contribution is 2.17. The van der Waals surface area contributed by atoms with Gasteiger partial charge >= 0.3 is 5.97 Å². The smallest absolute Gasteiger partial charge is 0.348 e. The Labute approximate surface area is 95.0 Å². The summed E-state index contributed by atoms with van der Waals surface area (Å²) < 4.78 is 4.51. The van der Waals surface area contributed by atoms with Crippen molar-refractivity contribution in [2.45, 2.75) is 12.8 Å². The van der Waals surface area contributed by atoms with Crippen molar-refractivity contribution in [1.29, 1.82) is 5.26 Å². The van der Waals surface area contributed by atoms with E-state index in [0.717, 1.165) is 5.56 Å². The van der Waals surface area contributed by atoms with Crippen molar-refractivity contribution in [2.24, 2.45) is 0 Å². The molecule has 0 N–H and O–H groups in total. The second-order valence-electron chi connectivity index (χ2n) is 3.38. The molecule has 1 atom stereocenters. The van der Waals surface area contributed by atoms with Crippen LogP contribution in [0.15, 0.2) is 42.0 Å². The molecule has 0 bridgehead atoms. The molecular weight excluding hydrogens is 202 g/mol. The molecule has 1 rings (SSSR count). The maximum atomic E-state index is 11.2. The Morgan fingerprint density at radius 1 is 1.44 bits per heavy atom. The molecule has 3 nitrogen and oxygen atoms in total. The zero-order valence-corrected chi connectivity index (χ0v) is 9.31. The molecule has 0 saturated carbocycles. The Hall–Kier alpha value is -2.08. The van der Waals surface area contributed by atoms with Crippen LogP contribution in [-0.2, 0) is 9.53 Å². The molecule has 0 amide bonds. The third-order valence-electron chi connectivity index (χ3n) is 2.27. The van der Waals surface area contributed by atoms with E-state index in [2.05, 4.69) is 4.74 Å². The molecular formula is C13H13NO2. The number of hydrogen-bond donors (Lipinski definition) is 0. The number of rotatable bonds is 3. The van der Waals surface area contributed by atoms with Crippen LogP contribution in [0, 0.1) is 11.3 Å². The SMILES string of the molecule is COC(=O)C(C#N)=CC(C)c1ccccc1. The van der Waals surface area contributed by atoms with Crippen LogP contribution >= 0.6 is 0 Å². The Balaban J connectivity index is 2.91. The van der Waals surface area contributed by atoms with Gasteiger partial charge in [0.05, 0.1) is 7.11 Å². The lowest BCUT2D eigenvalue weighted by atomic mass is 9.99. The fourth-order valence-corrected chi connectivity index (χ4v) is 1.36. The van der Waals surface area contributed by atoms with Crippen LogP contribution in [0.1, 0.15) is 18.4 Å². The number of benzene rings is 1. The highest BCUT2D eigenvalue weighted by molar-refractivity contribution is 5.92. The highest BCUT2D eigenvalue weighted by atomic mass is 16.5. The maximum Gasteiger partial charge on any atom is 0.348 e. The first-order valence-corrected chi connectivity index (χ1v) is 4.94. The summed E-state index contributed by atoms with van der Waals surface area (Å²) in [5, 5.41) is 8.80. The van der Waals surface area contributed by atoms with E-state index in [1.54, 1.807) is 6.08 Å². The van der Waals surface area contributed by atoms with Crippen LogP contribution in [0.4, 0.5) is 0 Å². The summed E-state index contributed by atoms with van der Waals surface area (Å²) in [4.78, 5) is 11.2. The second-order valence-corrected chi connectivity index (χ2v) is 3.38. The van der Waals surface area contributed by atoms with Crippen molar-refractivity contribution in [3.63, 3.8) is 0 Å². The van der Waals surface area contributed by atoms with Gasteiger partial charge in [-0.05, 0) is 5.56 Å². The minimum absolute atomic E-state index is 0.00921. The van der Waals surface area contributed by atoms with E-state index < -0.39 is 5.97 Å². The van der Waals surface area contributed by atoms with Gasteiger partial charge in [-0.2, -0.15) is 5.26 Å². The molecule has 82 valence electrons. The quantitative estimate of drug-likeness (QED) is 0.442. The molecule has 0 aliphatic carbocycles. The van der Waals surface area contributed by atoms with Gasteiger partial charge in [0.2, 0.25) is 0 Å². The summed E-state index contributed by atoms with van der Waals surface area (Å²) in [6.45, 7) is 1.93. The number of allylic oxidation sites excluding steroid dienone is 1. The summed E-state index contributed by atoms with van der Waals surface area (Å²) in [5.41, 5.74) is 1.10. The molecule has 16 heavy (non-hydrogen) atoms. The van der Waals surface area contributed by atoms with Crippen LogP contribution in [-0.4, -0.2) is 13.1 Å². The number of methoxy groups -OCH3 is 1. The number of nitrogens with zero attached hydrogens (tertiary/aromatic N) is 1. The zero-order chi connectivity index (χ0) is 12.0. The Kier molecular flexibility index (Phi) is 4.28. The molecule has 1 aromatic rings. The van der Waals surface area contributed by atoms with Gasteiger partial charge in [0.1, 0.15) is 11.6 Å². The zero-order valence-electron chi connectivity index (χ0n) is 9.31. The average molecular weight is 215 g/mol. The van der Waals surface area contributed by atoms with Gasteiger partial charge in [0, 0.05) is 5.92 Å². The Morgan fingerprint density at radius 3 is 2.56 bits per heavy atom. The summed E-state index contributed by atoms with van der Waals surface area (Å²) in [5.74, 6) is -0.583. The predicted octanol–water partition coefficient (Wildman–Crippen LogP) is 2.41. The molecule has 0 spiro atoms. The van der Waals surface area contributed by atoms with Crippen LogP contribution < -0.4 is 0 Å².